The Hall–Kier alpha value is -0.690. The molecule has 324 valence electrons. The molecule has 0 rings (SSSR count). The van der Waals surface area contributed by atoms with Gasteiger partial charge in [-0.1, -0.05) is 258 Å². The van der Waals surface area contributed by atoms with E-state index < -0.39 is 36.9 Å². The summed E-state index contributed by atoms with van der Waals surface area (Å²) in [5.41, 5.74) is 0. The van der Waals surface area contributed by atoms with Crippen LogP contribution in [0.25, 0.3) is 0 Å². The molecule has 6 heteroatoms. The highest BCUT2D eigenvalue weighted by atomic mass is 16.3. The van der Waals surface area contributed by atoms with Crippen molar-refractivity contribution in [3.05, 3.63) is 0 Å². The van der Waals surface area contributed by atoms with Crippen molar-refractivity contribution in [2.24, 2.45) is 0 Å². The lowest BCUT2D eigenvalue weighted by Gasteiger charge is -2.27. The molecule has 54 heavy (non-hydrogen) atoms. The number of carbonyl (C=O) groups is 1. The van der Waals surface area contributed by atoms with E-state index in [2.05, 4.69) is 19.2 Å². The zero-order valence-corrected chi connectivity index (χ0v) is 36.5. The molecule has 0 aromatic heterocycles. The van der Waals surface area contributed by atoms with Crippen LogP contribution in [0.4, 0.5) is 0 Å². The van der Waals surface area contributed by atoms with E-state index in [1.165, 1.54) is 205 Å². The van der Waals surface area contributed by atoms with E-state index in [4.69, 9.17) is 0 Å². The summed E-state index contributed by atoms with van der Waals surface area (Å²) >= 11 is 0. The molecule has 0 aliphatic rings. The van der Waals surface area contributed by atoms with E-state index in [9.17, 15) is 25.2 Å². The fraction of sp³-hybridized carbons (Fsp3) is 0.979. The minimum absolute atomic E-state index is 0.376. The topological polar surface area (TPSA) is 110 Å². The quantitative estimate of drug-likeness (QED) is 0.0396. The van der Waals surface area contributed by atoms with Crippen molar-refractivity contribution >= 4 is 5.91 Å². The van der Waals surface area contributed by atoms with Gasteiger partial charge in [-0.2, -0.15) is 0 Å². The van der Waals surface area contributed by atoms with E-state index >= 15 is 0 Å². The molecule has 0 heterocycles. The Bertz CT molecular complexity index is 736. The molecule has 0 spiro atoms. The van der Waals surface area contributed by atoms with E-state index in [-0.39, 0.29) is 0 Å². The van der Waals surface area contributed by atoms with Crippen molar-refractivity contribution in [2.45, 2.75) is 295 Å². The molecule has 0 aliphatic heterocycles. The Labute approximate surface area is 337 Å². The van der Waals surface area contributed by atoms with Crippen molar-refractivity contribution < 1.29 is 25.2 Å². The van der Waals surface area contributed by atoms with E-state index in [1.807, 2.05) is 0 Å². The lowest BCUT2D eigenvalue weighted by molar-refractivity contribution is -0.132. The van der Waals surface area contributed by atoms with Gasteiger partial charge < -0.3 is 25.7 Å². The maximum Gasteiger partial charge on any atom is 0.249 e. The molecule has 0 aromatic carbocycles. The fourth-order valence-electron chi connectivity index (χ4n) is 7.94. The van der Waals surface area contributed by atoms with Gasteiger partial charge in [-0.15, -0.1) is 0 Å². The summed E-state index contributed by atoms with van der Waals surface area (Å²) in [5, 5.41) is 43.6. The number of nitrogens with one attached hydrogen (secondary N) is 1. The summed E-state index contributed by atoms with van der Waals surface area (Å²) in [6.45, 7) is 4.04. The highest BCUT2D eigenvalue weighted by molar-refractivity contribution is 5.80. The number of unbranched alkanes of at least 4 members (excludes halogenated alkanes) is 36. The molecule has 0 radical (unpaired) electrons. The maximum absolute atomic E-state index is 12.5. The van der Waals surface area contributed by atoms with Crippen LogP contribution >= 0.6 is 0 Å². The Kier molecular flexibility index (Phi) is 42.9. The van der Waals surface area contributed by atoms with Crippen molar-refractivity contribution in [1.29, 1.82) is 0 Å². The predicted molar refractivity (Wildman–Crippen MR) is 233 cm³/mol. The van der Waals surface area contributed by atoms with Crippen LogP contribution in [0.3, 0.4) is 0 Å². The molecule has 0 saturated carbocycles. The molecular formula is C48H97NO5. The van der Waals surface area contributed by atoms with Crippen LogP contribution in [0.2, 0.25) is 0 Å². The first kappa shape index (κ1) is 53.3. The highest BCUT2D eigenvalue weighted by Gasteiger charge is 2.28. The molecule has 1 amide bonds. The van der Waals surface area contributed by atoms with Gasteiger partial charge in [0, 0.05) is 0 Å². The highest BCUT2D eigenvalue weighted by Crippen LogP contribution is 2.18. The monoisotopic (exact) mass is 768 g/mol. The molecule has 0 bridgehead atoms. The van der Waals surface area contributed by atoms with E-state index in [0.717, 1.165) is 38.5 Å². The molecule has 0 fully saturated rings. The maximum atomic E-state index is 12.5. The average molecular weight is 768 g/mol. The summed E-state index contributed by atoms with van der Waals surface area (Å²) in [4.78, 5) is 12.5. The zero-order chi connectivity index (χ0) is 39.6. The van der Waals surface area contributed by atoms with Gasteiger partial charge >= 0.3 is 0 Å². The predicted octanol–water partition coefficient (Wildman–Crippen LogP) is 13.2. The van der Waals surface area contributed by atoms with Crippen molar-refractivity contribution in [2.75, 3.05) is 6.61 Å². The number of aliphatic hydroxyl groups excluding tert-OH is 4. The van der Waals surface area contributed by atoms with Gasteiger partial charge in [-0.05, 0) is 12.8 Å². The van der Waals surface area contributed by atoms with Gasteiger partial charge in [0.2, 0.25) is 5.91 Å². The number of carbonyl (C=O) groups excluding carboxylic acids is 1. The van der Waals surface area contributed by atoms with Crippen LogP contribution in [0.15, 0.2) is 0 Å². The van der Waals surface area contributed by atoms with Crippen LogP contribution in [0, 0.1) is 0 Å². The smallest absolute Gasteiger partial charge is 0.249 e. The summed E-state index contributed by atoms with van der Waals surface area (Å²) in [7, 11) is 0. The largest absolute Gasteiger partial charge is 0.394 e. The van der Waals surface area contributed by atoms with Gasteiger partial charge in [0.25, 0.3) is 0 Å². The van der Waals surface area contributed by atoms with Gasteiger partial charge in [0.15, 0.2) is 0 Å². The van der Waals surface area contributed by atoms with Gasteiger partial charge in [-0.25, -0.2) is 0 Å². The number of rotatable bonds is 45. The summed E-state index contributed by atoms with van der Waals surface area (Å²) in [6.07, 6.45) is 47.5. The fourth-order valence-corrected chi connectivity index (χ4v) is 7.94. The molecule has 6 nitrogen and oxygen atoms in total. The molecule has 0 saturated heterocycles. The number of hydrogen-bond donors (Lipinski definition) is 5. The summed E-state index contributed by atoms with van der Waals surface area (Å²) in [5.74, 6) is -0.580. The van der Waals surface area contributed by atoms with Crippen molar-refractivity contribution in [3.8, 4) is 0 Å². The summed E-state index contributed by atoms with van der Waals surface area (Å²) < 4.78 is 0. The SMILES string of the molecule is CCCCCCCCCCCCCCCCCCCCCCCCCCCCCCCC(O)C(=O)NC(CO)C(O)C(O)CCCCCCCCCCC. The Morgan fingerprint density at radius 2 is 0.630 bits per heavy atom. The van der Waals surface area contributed by atoms with Crippen LogP contribution in [-0.2, 0) is 4.79 Å². The second kappa shape index (κ2) is 43.4. The van der Waals surface area contributed by atoms with E-state index in [1.54, 1.807) is 0 Å². The van der Waals surface area contributed by atoms with Gasteiger partial charge in [0.1, 0.15) is 12.2 Å². The minimum atomic E-state index is -1.25. The van der Waals surface area contributed by atoms with Crippen molar-refractivity contribution in [3.63, 3.8) is 0 Å². The molecular weight excluding hydrogens is 671 g/mol. The number of amides is 1. The van der Waals surface area contributed by atoms with Crippen LogP contribution in [0.5, 0.6) is 0 Å². The normalized spacial score (nSPS) is 14.0. The standard InChI is InChI=1S/C48H97NO5/c1-3-5-7-9-11-13-14-15-16-17-18-19-20-21-22-23-24-25-26-27-28-29-30-31-32-34-36-38-40-42-46(52)48(54)49-44(43-50)47(53)45(51)41-39-37-35-33-12-10-8-6-4-2/h44-47,50-53H,3-43H2,1-2H3,(H,49,54). The second-order valence-corrected chi connectivity index (χ2v) is 17.2. The molecule has 5 N–H and O–H groups in total. The third kappa shape index (κ3) is 36.9. The first-order valence-corrected chi connectivity index (χ1v) is 24.4. The van der Waals surface area contributed by atoms with E-state index in [0.29, 0.717) is 12.8 Å². The van der Waals surface area contributed by atoms with Crippen molar-refractivity contribution in [1.82, 2.24) is 5.32 Å². The van der Waals surface area contributed by atoms with Gasteiger partial charge in [0.05, 0.1) is 18.8 Å². The minimum Gasteiger partial charge on any atom is -0.394 e. The van der Waals surface area contributed by atoms with Crippen LogP contribution in [0.1, 0.15) is 271 Å². The first-order valence-electron chi connectivity index (χ1n) is 24.4. The Balaban J connectivity index is 3.51. The number of aliphatic hydroxyl groups is 4. The Morgan fingerprint density at radius 1 is 0.389 bits per heavy atom. The third-order valence-corrected chi connectivity index (χ3v) is 11.8. The second-order valence-electron chi connectivity index (χ2n) is 17.2. The molecule has 4 unspecified atom stereocenters. The zero-order valence-electron chi connectivity index (χ0n) is 36.5. The average Bonchev–Trinajstić information content (AvgIpc) is 3.18. The first-order chi connectivity index (χ1) is 26.5. The Morgan fingerprint density at radius 3 is 0.889 bits per heavy atom. The van der Waals surface area contributed by atoms with Crippen LogP contribution in [-0.4, -0.2) is 57.3 Å². The lowest BCUT2D eigenvalue weighted by Crippen LogP contribution is -2.53. The number of hydrogen-bond acceptors (Lipinski definition) is 5. The molecule has 0 aliphatic carbocycles. The van der Waals surface area contributed by atoms with Crippen LogP contribution < -0.4 is 5.32 Å². The summed E-state index contributed by atoms with van der Waals surface area (Å²) in [6, 6.07) is -0.978. The lowest BCUT2D eigenvalue weighted by atomic mass is 9.99. The molecule has 0 aromatic rings. The third-order valence-electron chi connectivity index (χ3n) is 11.8. The van der Waals surface area contributed by atoms with Gasteiger partial charge in [-0.3, -0.25) is 4.79 Å². The molecule has 4 atom stereocenters.